The van der Waals surface area contributed by atoms with E-state index in [1.165, 1.54) is 25.7 Å². The molecule has 0 radical (unpaired) electrons. The molecule has 0 saturated heterocycles. The third-order valence-electron chi connectivity index (χ3n) is 3.21. The summed E-state index contributed by atoms with van der Waals surface area (Å²) < 4.78 is 0.279. The van der Waals surface area contributed by atoms with E-state index in [1.54, 1.807) is 0 Å². The lowest BCUT2D eigenvalue weighted by molar-refractivity contribution is 0.0901. The number of hydrogen-bond donors (Lipinski definition) is 1. The molecule has 0 heterocycles. The molecule has 3 unspecified atom stereocenters. The lowest BCUT2D eigenvalue weighted by atomic mass is 9.80. The topological polar surface area (TPSA) is 20.2 Å². The van der Waals surface area contributed by atoms with Crippen LogP contribution in [0.5, 0.6) is 0 Å². The Morgan fingerprint density at radius 2 is 2.00 bits per heavy atom. The van der Waals surface area contributed by atoms with Crippen LogP contribution in [0.4, 0.5) is 0 Å². The summed E-state index contributed by atoms with van der Waals surface area (Å²) in [6.07, 6.45) is 5.04. The van der Waals surface area contributed by atoms with Crippen LogP contribution >= 0.6 is 11.8 Å². The molecule has 1 rings (SSSR count). The number of rotatable bonds is 3. The highest BCUT2D eigenvalue weighted by molar-refractivity contribution is 8.00. The van der Waals surface area contributed by atoms with Gasteiger partial charge in [-0.2, -0.15) is 11.8 Å². The Kier molecular flexibility index (Phi) is 4.98. The molecule has 3 atom stereocenters. The second-order valence-corrected chi connectivity index (χ2v) is 7.87. The van der Waals surface area contributed by atoms with Crippen molar-refractivity contribution in [3.63, 3.8) is 0 Å². The number of hydrogen-bond acceptors (Lipinski definition) is 2. The fraction of sp³-hybridized carbons (Fsp3) is 1.00. The predicted octanol–water partition coefficient (Wildman–Crippen LogP) is 3.71. The van der Waals surface area contributed by atoms with Gasteiger partial charge in [0.15, 0.2) is 0 Å². The van der Waals surface area contributed by atoms with E-state index >= 15 is 0 Å². The van der Waals surface area contributed by atoms with E-state index in [9.17, 15) is 5.11 Å². The average Bonchev–Trinajstić information content (AvgIpc) is 2.13. The van der Waals surface area contributed by atoms with Crippen LogP contribution in [0, 0.1) is 11.8 Å². The first-order chi connectivity index (χ1) is 6.88. The van der Waals surface area contributed by atoms with E-state index in [-0.39, 0.29) is 10.9 Å². The molecule has 90 valence electrons. The summed E-state index contributed by atoms with van der Waals surface area (Å²) in [5.74, 6) is 2.28. The van der Waals surface area contributed by atoms with Gasteiger partial charge in [-0.1, -0.05) is 40.5 Å². The zero-order valence-electron chi connectivity index (χ0n) is 10.6. The molecular formula is C13H26OS. The van der Waals surface area contributed by atoms with E-state index in [4.69, 9.17) is 0 Å². The fourth-order valence-electron chi connectivity index (χ4n) is 2.30. The van der Waals surface area contributed by atoms with Crippen LogP contribution in [0.25, 0.3) is 0 Å². The van der Waals surface area contributed by atoms with Crippen LogP contribution in [-0.2, 0) is 0 Å². The maximum absolute atomic E-state index is 10.1. The quantitative estimate of drug-likeness (QED) is 0.797. The van der Waals surface area contributed by atoms with Crippen LogP contribution < -0.4 is 0 Å². The Labute approximate surface area is 99.0 Å². The molecule has 1 N–H and O–H groups in total. The van der Waals surface area contributed by atoms with Crippen LogP contribution in [0.15, 0.2) is 0 Å². The van der Waals surface area contributed by atoms with Crippen molar-refractivity contribution in [3.8, 4) is 0 Å². The Morgan fingerprint density at radius 1 is 1.33 bits per heavy atom. The van der Waals surface area contributed by atoms with Gasteiger partial charge in [0.05, 0.1) is 6.10 Å². The number of thioether (sulfide) groups is 1. The minimum atomic E-state index is -0.0861. The Hall–Kier alpha value is 0.310. The van der Waals surface area contributed by atoms with Crippen LogP contribution in [0.1, 0.15) is 53.4 Å². The van der Waals surface area contributed by atoms with Crippen molar-refractivity contribution < 1.29 is 5.11 Å². The molecule has 0 aromatic rings. The van der Waals surface area contributed by atoms with E-state index < -0.39 is 0 Å². The van der Waals surface area contributed by atoms with Gasteiger partial charge in [0.1, 0.15) is 0 Å². The van der Waals surface area contributed by atoms with Crippen molar-refractivity contribution in [2.24, 2.45) is 11.8 Å². The van der Waals surface area contributed by atoms with Gasteiger partial charge >= 0.3 is 0 Å². The zero-order valence-corrected chi connectivity index (χ0v) is 11.4. The molecule has 1 saturated carbocycles. The molecule has 1 aliphatic rings. The highest BCUT2D eigenvalue weighted by Gasteiger charge is 2.26. The van der Waals surface area contributed by atoms with Crippen LogP contribution in [-0.4, -0.2) is 21.7 Å². The first-order valence-electron chi connectivity index (χ1n) is 6.20. The van der Waals surface area contributed by atoms with Gasteiger partial charge < -0.3 is 5.11 Å². The number of aliphatic hydroxyl groups is 1. The minimum Gasteiger partial charge on any atom is -0.392 e. The molecule has 0 aromatic heterocycles. The summed E-state index contributed by atoms with van der Waals surface area (Å²) in [7, 11) is 0. The van der Waals surface area contributed by atoms with Crippen molar-refractivity contribution in [1.29, 1.82) is 0 Å². The first kappa shape index (κ1) is 13.4. The fourth-order valence-corrected chi connectivity index (χ4v) is 3.24. The van der Waals surface area contributed by atoms with E-state index in [2.05, 4.69) is 27.7 Å². The third-order valence-corrected chi connectivity index (χ3v) is 4.58. The Balaban J connectivity index is 2.29. The normalized spacial score (nSPS) is 30.2. The lowest BCUT2D eigenvalue weighted by Gasteiger charge is -2.31. The van der Waals surface area contributed by atoms with Crippen molar-refractivity contribution in [3.05, 3.63) is 0 Å². The Morgan fingerprint density at radius 3 is 2.53 bits per heavy atom. The monoisotopic (exact) mass is 230 g/mol. The van der Waals surface area contributed by atoms with E-state index in [0.29, 0.717) is 5.92 Å². The van der Waals surface area contributed by atoms with Crippen LogP contribution in [0.2, 0.25) is 0 Å². The molecular weight excluding hydrogens is 204 g/mol. The standard InChI is InChI=1S/C13H26OS/c1-10-6-5-7-11(8-10)12(14)9-15-13(2,3)4/h10-12,14H,5-9H2,1-4H3. The SMILES string of the molecule is CC1CCCC(C(O)CSC(C)(C)C)C1. The van der Waals surface area contributed by atoms with Crippen molar-refractivity contribution in [1.82, 2.24) is 0 Å². The van der Waals surface area contributed by atoms with Gasteiger partial charge in [0.2, 0.25) is 0 Å². The first-order valence-corrected chi connectivity index (χ1v) is 7.19. The summed E-state index contributed by atoms with van der Waals surface area (Å²) in [6.45, 7) is 8.96. The van der Waals surface area contributed by atoms with Crippen molar-refractivity contribution in [2.75, 3.05) is 5.75 Å². The number of aliphatic hydroxyl groups excluding tert-OH is 1. The largest absolute Gasteiger partial charge is 0.392 e. The summed E-state index contributed by atoms with van der Waals surface area (Å²) in [5.41, 5.74) is 0. The molecule has 1 fully saturated rings. The molecule has 15 heavy (non-hydrogen) atoms. The van der Waals surface area contributed by atoms with E-state index in [0.717, 1.165) is 11.7 Å². The lowest BCUT2D eigenvalue weighted by Crippen LogP contribution is -2.29. The van der Waals surface area contributed by atoms with Crippen LogP contribution in [0.3, 0.4) is 0 Å². The molecule has 0 aliphatic heterocycles. The Bertz CT molecular complexity index is 185. The summed E-state index contributed by atoms with van der Waals surface area (Å²) >= 11 is 1.89. The second kappa shape index (κ2) is 5.58. The third kappa shape index (κ3) is 5.26. The van der Waals surface area contributed by atoms with Crippen molar-refractivity contribution >= 4 is 11.8 Å². The molecule has 0 aromatic carbocycles. The molecule has 0 bridgehead atoms. The molecule has 2 heteroatoms. The smallest absolute Gasteiger partial charge is 0.0659 e. The molecule has 0 amide bonds. The summed E-state index contributed by atoms with van der Waals surface area (Å²) in [4.78, 5) is 0. The average molecular weight is 230 g/mol. The maximum Gasteiger partial charge on any atom is 0.0659 e. The highest BCUT2D eigenvalue weighted by atomic mass is 32.2. The van der Waals surface area contributed by atoms with Gasteiger partial charge in [0.25, 0.3) is 0 Å². The summed E-state index contributed by atoms with van der Waals surface area (Å²) in [6, 6.07) is 0. The minimum absolute atomic E-state index is 0.0861. The zero-order chi connectivity index (χ0) is 11.5. The maximum atomic E-state index is 10.1. The second-order valence-electron chi connectivity index (χ2n) is 6.02. The van der Waals surface area contributed by atoms with Gasteiger partial charge in [-0.05, 0) is 24.7 Å². The molecule has 1 nitrogen and oxygen atoms in total. The van der Waals surface area contributed by atoms with Gasteiger partial charge in [0, 0.05) is 10.5 Å². The van der Waals surface area contributed by atoms with Gasteiger partial charge in [-0.25, -0.2) is 0 Å². The highest BCUT2D eigenvalue weighted by Crippen LogP contribution is 2.33. The van der Waals surface area contributed by atoms with Gasteiger partial charge in [-0.15, -0.1) is 0 Å². The van der Waals surface area contributed by atoms with Crippen molar-refractivity contribution in [2.45, 2.75) is 64.2 Å². The van der Waals surface area contributed by atoms with E-state index in [1.807, 2.05) is 11.8 Å². The van der Waals surface area contributed by atoms with Gasteiger partial charge in [-0.3, -0.25) is 0 Å². The predicted molar refractivity (Wildman–Crippen MR) is 69.3 cm³/mol. The molecule has 1 aliphatic carbocycles. The molecule has 0 spiro atoms. The summed E-state index contributed by atoms with van der Waals surface area (Å²) in [5, 5.41) is 10.1.